The highest BCUT2D eigenvalue weighted by Gasteiger charge is 2.20. The van der Waals surface area contributed by atoms with Crippen molar-refractivity contribution in [2.24, 2.45) is 0 Å². The van der Waals surface area contributed by atoms with Gasteiger partial charge in [0.25, 0.3) is 5.91 Å². The van der Waals surface area contributed by atoms with Crippen LogP contribution in [0, 0.1) is 0 Å². The van der Waals surface area contributed by atoms with Gasteiger partial charge >= 0.3 is 0 Å². The van der Waals surface area contributed by atoms with Crippen LogP contribution >= 0.6 is 0 Å². The number of rotatable bonds is 5. The lowest BCUT2D eigenvalue weighted by Crippen LogP contribution is -2.34. The van der Waals surface area contributed by atoms with Gasteiger partial charge in [-0.3, -0.25) is 4.79 Å². The standard InChI is InChI=1S/C21H24N2O3/c24-21(16-7-9-17(10-8-16)23-13-3-4-14-23)22-12-11-18-15-25-19-5-1-2-6-20(19)26-18/h1-2,5-10,18H,3-4,11-15H2,(H,22,24)/t18-/m0/s1. The zero-order valence-electron chi connectivity index (χ0n) is 14.8. The first-order valence-electron chi connectivity index (χ1n) is 9.31. The van der Waals surface area contributed by atoms with Gasteiger partial charge in [-0.05, 0) is 49.2 Å². The van der Waals surface area contributed by atoms with E-state index in [9.17, 15) is 4.79 Å². The topological polar surface area (TPSA) is 50.8 Å². The van der Waals surface area contributed by atoms with Crippen LogP contribution in [0.25, 0.3) is 0 Å². The molecule has 2 aromatic carbocycles. The Labute approximate surface area is 153 Å². The average Bonchev–Trinajstić information content (AvgIpc) is 3.23. The van der Waals surface area contributed by atoms with Gasteiger partial charge in [0, 0.05) is 37.3 Å². The number of nitrogens with zero attached hydrogens (tertiary/aromatic N) is 1. The molecule has 2 aromatic rings. The van der Waals surface area contributed by atoms with E-state index in [1.807, 2.05) is 48.5 Å². The molecule has 1 saturated heterocycles. The van der Waals surface area contributed by atoms with E-state index in [0.717, 1.165) is 24.6 Å². The normalized spacial score (nSPS) is 18.6. The number of para-hydroxylation sites is 2. The maximum atomic E-state index is 12.3. The van der Waals surface area contributed by atoms with E-state index in [1.165, 1.54) is 18.5 Å². The van der Waals surface area contributed by atoms with Crippen LogP contribution in [0.5, 0.6) is 11.5 Å². The van der Waals surface area contributed by atoms with Crippen molar-refractivity contribution >= 4 is 11.6 Å². The summed E-state index contributed by atoms with van der Waals surface area (Å²) in [6, 6.07) is 15.5. The van der Waals surface area contributed by atoms with E-state index < -0.39 is 0 Å². The quantitative estimate of drug-likeness (QED) is 0.897. The molecule has 0 aliphatic carbocycles. The van der Waals surface area contributed by atoms with Crippen LogP contribution in [0.2, 0.25) is 0 Å². The lowest BCUT2D eigenvalue weighted by Gasteiger charge is -2.26. The highest BCUT2D eigenvalue weighted by atomic mass is 16.6. The van der Waals surface area contributed by atoms with Crippen LogP contribution in [-0.2, 0) is 0 Å². The van der Waals surface area contributed by atoms with Crippen molar-refractivity contribution in [2.45, 2.75) is 25.4 Å². The van der Waals surface area contributed by atoms with Crippen LogP contribution in [0.3, 0.4) is 0 Å². The molecular formula is C21H24N2O3. The van der Waals surface area contributed by atoms with Gasteiger partial charge < -0.3 is 19.7 Å². The molecule has 0 aromatic heterocycles. The molecule has 136 valence electrons. The van der Waals surface area contributed by atoms with Crippen molar-refractivity contribution in [2.75, 3.05) is 31.1 Å². The number of hydrogen-bond acceptors (Lipinski definition) is 4. The molecule has 2 aliphatic rings. The summed E-state index contributed by atoms with van der Waals surface area (Å²) in [6.07, 6.45) is 3.17. The Hall–Kier alpha value is -2.69. The second-order valence-electron chi connectivity index (χ2n) is 6.78. The molecule has 0 bridgehead atoms. The SMILES string of the molecule is O=C(NCC[C@H]1COc2ccccc2O1)c1ccc(N2CCCC2)cc1. The molecule has 4 rings (SSSR count). The molecule has 1 N–H and O–H groups in total. The van der Waals surface area contributed by atoms with Gasteiger partial charge in [-0.1, -0.05) is 12.1 Å². The molecule has 26 heavy (non-hydrogen) atoms. The van der Waals surface area contributed by atoms with E-state index in [1.54, 1.807) is 0 Å². The van der Waals surface area contributed by atoms with Gasteiger partial charge in [0.2, 0.25) is 0 Å². The summed E-state index contributed by atoms with van der Waals surface area (Å²) in [7, 11) is 0. The van der Waals surface area contributed by atoms with Gasteiger partial charge in [-0.15, -0.1) is 0 Å². The monoisotopic (exact) mass is 352 g/mol. The fourth-order valence-corrected chi connectivity index (χ4v) is 3.45. The van der Waals surface area contributed by atoms with Crippen LogP contribution in [0.4, 0.5) is 5.69 Å². The molecule has 1 atom stereocenters. The Morgan fingerprint density at radius 2 is 1.77 bits per heavy atom. The zero-order chi connectivity index (χ0) is 17.8. The number of nitrogens with one attached hydrogen (secondary N) is 1. The number of benzene rings is 2. The molecule has 0 unspecified atom stereocenters. The zero-order valence-corrected chi connectivity index (χ0v) is 14.8. The van der Waals surface area contributed by atoms with Crippen molar-refractivity contribution in [3.63, 3.8) is 0 Å². The van der Waals surface area contributed by atoms with Gasteiger partial charge in [0.05, 0.1) is 0 Å². The van der Waals surface area contributed by atoms with E-state index in [0.29, 0.717) is 25.1 Å². The van der Waals surface area contributed by atoms with Gasteiger partial charge in [-0.25, -0.2) is 0 Å². The average molecular weight is 352 g/mol. The summed E-state index contributed by atoms with van der Waals surface area (Å²) in [4.78, 5) is 14.7. The molecule has 0 spiro atoms. The number of carbonyl (C=O) groups excluding carboxylic acids is 1. The molecule has 1 fully saturated rings. The van der Waals surface area contributed by atoms with E-state index in [4.69, 9.17) is 9.47 Å². The molecule has 5 heteroatoms. The lowest BCUT2D eigenvalue weighted by molar-refractivity contribution is 0.0813. The van der Waals surface area contributed by atoms with Crippen LogP contribution < -0.4 is 19.7 Å². The van der Waals surface area contributed by atoms with E-state index in [-0.39, 0.29) is 12.0 Å². The molecular weight excluding hydrogens is 328 g/mol. The lowest BCUT2D eigenvalue weighted by atomic mass is 10.1. The minimum atomic E-state index is -0.0462. The van der Waals surface area contributed by atoms with Gasteiger partial charge in [0.1, 0.15) is 12.7 Å². The number of anilines is 1. The first kappa shape index (κ1) is 16.8. The van der Waals surface area contributed by atoms with E-state index in [2.05, 4.69) is 10.2 Å². The summed E-state index contributed by atoms with van der Waals surface area (Å²) in [5, 5.41) is 2.97. The minimum Gasteiger partial charge on any atom is -0.486 e. The maximum absolute atomic E-state index is 12.3. The third kappa shape index (κ3) is 3.77. The maximum Gasteiger partial charge on any atom is 0.251 e. The second-order valence-corrected chi connectivity index (χ2v) is 6.78. The minimum absolute atomic E-state index is 0.0391. The predicted octanol–water partition coefficient (Wildman–Crippen LogP) is 3.25. The van der Waals surface area contributed by atoms with Gasteiger partial charge in [0.15, 0.2) is 11.5 Å². The number of hydrogen-bond donors (Lipinski definition) is 1. The number of amides is 1. The highest BCUT2D eigenvalue weighted by Crippen LogP contribution is 2.31. The van der Waals surface area contributed by atoms with Crippen molar-refractivity contribution in [1.29, 1.82) is 0 Å². The summed E-state index contributed by atoms with van der Waals surface area (Å²) >= 11 is 0. The van der Waals surface area contributed by atoms with E-state index >= 15 is 0 Å². The Kier molecular flexibility index (Phi) is 4.95. The summed E-state index contributed by atoms with van der Waals surface area (Å²) in [6.45, 7) is 3.29. The number of fused-ring (bicyclic) bond motifs is 1. The summed E-state index contributed by atoms with van der Waals surface area (Å²) in [5.41, 5.74) is 1.89. The highest BCUT2D eigenvalue weighted by molar-refractivity contribution is 5.94. The Morgan fingerprint density at radius 1 is 1.04 bits per heavy atom. The molecule has 2 heterocycles. The first-order chi connectivity index (χ1) is 12.8. The largest absolute Gasteiger partial charge is 0.486 e. The summed E-state index contributed by atoms with van der Waals surface area (Å²) in [5.74, 6) is 1.51. The molecule has 2 aliphatic heterocycles. The molecule has 1 amide bonds. The van der Waals surface area contributed by atoms with Crippen molar-refractivity contribution < 1.29 is 14.3 Å². The Balaban J connectivity index is 1.25. The molecule has 0 saturated carbocycles. The van der Waals surface area contributed by atoms with Crippen molar-refractivity contribution in [3.8, 4) is 11.5 Å². The Morgan fingerprint density at radius 3 is 2.54 bits per heavy atom. The Bertz CT molecular complexity index is 754. The van der Waals surface area contributed by atoms with Crippen LogP contribution in [-0.4, -0.2) is 38.3 Å². The number of ether oxygens (including phenoxy) is 2. The fraction of sp³-hybridized carbons (Fsp3) is 0.381. The fourth-order valence-electron chi connectivity index (χ4n) is 3.45. The van der Waals surface area contributed by atoms with Crippen molar-refractivity contribution in [3.05, 3.63) is 54.1 Å². The smallest absolute Gasteiger partial charge is 0.251 e. The third-order valence-corrected chi connectivity index (χ3v) is 4.92. The molecule has 0 radical (unpaired) electrons. The van der Waals surface area contributed by atoms with Crippen molar-refractivity contribution in [1.82, 2.24) is 5.32 Å². The number of carbonyl (C=O) groups is 1. The van der Waals surface area contributed by atoms with Crippen LogP contribution in [0.1, 0.15) is 29.6 Å². The third-order valence-electron chi connectivity index (χ3n) is 4.92. The summed E-state index contributed by atoms with van der Waals surface area (Å²) < 4.78 is 11.6. The first-order valence-corrected chi connectivity index (χ1v) is 9.31. The van der Waals surface area contributed by atoms with Crippen LogP contribution in [0.15, 0.2) is 48.5 Å². The molecule has 5 nitrogen and oxygen atoms in total. The predicted molar refractivity (Wildman–Crippen MR) is 101 cm³/mol. The second kappa shape index (κ2) is 7.68. The van der Waals surface area contributed by atoms with Gasteiger partial charge in [-0.2, -0.15) is 0 Å².